The van der Waals surface area contributed by atoms with Crippen molar-refractivity contribution in [3.63, 3.8) is 0 Å². The average molecular weight is 348 g/mol. The van der Waals surface area contributed by atoms with Gasteiger partial charge in [-0.15, -0.1) is 0 Å². The molecule has 0 radical (unpaired) electrons. The molecule has 0 saturated heterocycles. The minimum absolute atomic E-state index is 0.393. The molecule has 3 nitrogen and oxygen atoms in total. The quantitative estimate of drug-likeness (QED) is 0.888. The van der Waals surface area contributed by atoms with Gasteiger partial charge in [0.1, 0.15) is 5.41 Å². The van der Waals surface area contributed by atoms with Crippen molar-refractivity contribution in [1.29, 1.82) is 0 Å². The number of hydrogen-bond acceptors (Lipinski definition) is 3. The van der Waals surface area contributed by atoms with Gasteiger partial charge in [0.05, 0.1) is 5.52 Å². The second kappa shape index (κ2) is 6.28. The molecule has 1 heterocycles. The molecule has 0 saturated carbocycles. The highest BCUT2D eigenvalue weighted by molar-refractivity contribution is 5.93. The first kappa shape index (κ1) is 17.6. The van der Waals surface area contributed by atoms with E-state index in [2.05, 4.69) is 4.98 Å². The number of aromatic nitrogens is 1. The fraction of sp³-hybridized carbons (Fsp3) is 0.316. The van der Waals surface area contributed by atoms with Gasteiger partial charge in [-0.2, -0.15) is 13.2 Å². The Morgan fingerprint density at radius 3 is 2.68 bits per heavy atom. The minimum Gasteiger partial charge on any atom is -0.396 e. The molecule has 0 amide bonds. The lowest BCUT2D eigenvalue weighted by atomic mass is 9.69. The van der Waals surface area contributed by atoms with Gasteiger partial charge in [-0.25, -0.2) is 0 Å². The van der Waals surface area contributed by atoms with Crippen LogP contribution in [0.3, 0.4) is 0 Å². The molecule has 0 bridgehead atoms. The van der Waals surface area contributed by atoms with E-state index in [1.807, 2.05) is 25.1 Å². The lowest BCUT2D eigenvalue weighted by Gasteiger charge is -2.41. The Morgan fingerprint density at radius 1 is 1.24 bits per heavy atom. The molecule has 25 heavy (non-hydrogen) atoms. The van der Waals surface area contributed by atoms with E-state index in [4.69, 9.17) is 5.73 Å². The van der Waals surface area contributed by atoms with Crippen LogP contribution in [0.15, 0.2) is 48.6 Å². The van der Waals surface area contributed by atoms with Gasteiger partial charge in [-0.1, -0.05) is 36.4 Å². The van der Waals surface area contributed by atoms with Crippen LogP contribution in [0.2, 0.25) is 0 Å². The zero-order valence-electron chi connectivity index (χ0n) is 13.7. The SMILES string of the molecule is Cc1ccc2c(C3=CC=CC(CCO)(C(F)(F)F)C3N)cccc2n1. The van der Waals surface area contributed by atoms with Crippen molar-refractivity contribution in [3.05, 3.63) is 59.8 Å². The van der Waals surface area contributed by atoms with Crippen molar-refractivity contribution < 1.29 is 18.3 Å². The summed E-state index contributed by atoms with van der Waals surface area (Å²) in [6, 6.07) is 7.70. The van der Waals surface area contributed by atoms with Crippen LogP contribution < -0.4 is 5.73 Å². The Labute approximate surface area is 143 Å². The Morgan fingerprint density at radius 2 is 2.00 bits per heavy atom. The molecule has 3 N–H and O–H groups in total. The number of alkyl halides is 3. The van der Waals surface area contributed by atoms with Crippen LogP contribution in [0.4, 0.5) is 13.2 Å². The first-order valence-electron chi connectivity index (χ1n) is 7.99. The molecule has 6 heteroatoms. The number of nitrogens with two attached hydrogens (primary N) is 1. The fourth-order valence-electron chi connectivity index (χ4n) is 3.41. The highest BCUT2D eigenvalue weighted by Crippen LogP contribution is 2.50. The first-order chi connectivity index (χ1) is 11.8. The number of benzene rings is 1. The maximum Gasteiger partial charge on any atom is 0.399 e. The van der Waals surface area contributed by atoms with Gasteiger partial charge >= 0.3 is 6.18 Å². The van der Waals surface area contributed by atoms with Crippen LogP contribution in [0.1, 0.15) is 17.7 Å². The van der Waals surface area contributed by atoms with E-state index in [-0.39, 0.29) is 0 Å². The molecule has 0 spiro atoms. The van der Waals surface area contributed by atoms with Gasteiger partial charge < -0.3 is 10.8 Å². The molecule has 0 aliphatic heterocycles. The molecule has 1 aliphatic carbocycles. The van der Waals surface area contributed by atoms with Crippen molar-refractivity contribution >= 4 is 16.5 Å². The average Bonchev–Trinajstić information content (AvgIpc) is 2.55. The minimum atomic E-state index is -4.56. The normalized spacial score (nSPS) is 23.8. The topological polar surface area (TPSA) is 59.1 Å². The Balaban J connectivity index is 2.16. The predicted octanol–water partition coefficient (Wildman–Crippen LogP) is 3.75. The standard InChI is InChI=1S/C19H19F3N2O/c1-12-7-8-14-13(4-2-6-16(14)24-12)15-5-3-9-18(10-11-25,17(15)23)19(20,21)22/h2-9,17,25H,10-11,23H2,1H3. The van der Waals surface area contributed by atoms with Crippen LogP contribution in [-0.4, -0.2) is 28.9 Å². The third-order valence-electron chi connectivity index (χ3n) is 4.79. The highest BCUT2D eigenvalue weighted by atomic mass is 19.4. The number of aliphatic hydroxyl groups excluding tert-OH is 1. The van der Waals surface area contributed by atoms with E-state index in [1.165, 1.54) is 6.08 Å². The summed E-state index contributed by atoms with van der Waals surface area (Å²) in [7, 11) is 0. The maximum atomic E-state index is 13.8. The van der Waals surface area contributed by atoms with Gasteiger partial charge in [0, 0.05) is 23.7 Å². The first-order valence-corrected chi connectivity index (χ1v) is 7.99. The molecule has 132 valence electrons. The number of rotatable bonds is 3. The van der Waals surface area contributed by atoms with Crippen molar-refractivity contribution in [3.8, 4) is 0 Å². The second-order valence-corrected chi connectivity index (χ2v) is 6.30. The summed E-state index contributed by atoms with van der Waals surface area (Å²) in [5.74, 6) is 0. The smallest absolute Gasteiger partial charge is 0.396 e. The molecule has 2 aromatic rings. The number of halogens is 3. The molecule has 0 fully saturated rings. The highest BCUT2D eigenvalue weighted by Gasteiger charge is 2.57. The molecular formula is C19H19F3N2O. The number of fused-ring (bicyclic) bond motifs is 1. The number of pyridine rings is 1. The van der Waals surface area contributed by atoms with Crippen LogP contribution in [0.25, 0.3) is 16.5 Å². The number of hydrogen-bond donors (Lipinski definition) is 2. The van der Waals surface area contributed by atoms with E-state index in [9.17, 15) is 18.3 Å². The van der Waals surface area contributed by atoms with E-state index in [0.717, 1.165) is 17.2 Å². The second-order valence-electron chi connectivity index (χ2n) is 6.30. The van der Waals surface area contributed by atoms with Crippen molar-refractivity contribution in [2.45, 2.75) is 25.6 Å². The van der Waals surface area contributed by atoms with E-state index in [0.29, 0.717) is 16.7 Å². The lowest BCUT2D eigenvalue weighted by molar-refractivity contribution is -0.212. The predicted molar refractivity (Wildman–Crippen MR) is 91.8 cm³/mol. The number of allylic oxidation sites excluding steroid dienone is 2. The Kier molecular flexibility index (Phi) is 4.43. The molecule has 1 aromatic carbocycles. The summed E-state index contributed by atoms with van der Waals surface area (Å²) < 4.78 is 41.4. The molecule has 2 atom stereocenters. The number of nitrogens with zero attached hydrogens (tertiary/aromatic N) is 1. The summed E-state index contributed by atoms with van der Waals surface area (Å²) in [5, 5.41) is 9.96. The van der Waals surface area contributed by atoms with E-state index < -0.39 is 30.7 Å². The molecular weight excluding hydrogens is 329 g/mol. The monoisotopic (exact) mass is 348 g/mol. The molecule has 1 aromatic heterocycles. The number of aryl methyl sites for hydroxylation is 1. The summed E-state index contributed by atoms with van der Waals surface area (Å²) in [5.41, 5.74) is 6.39. The Hall–Kier alpha value is -2.18. The van der Waals surface area contributed by atoms with E-state index in [1.54, 1.807) is 18.2 Å². The van der Waals surface area contributed by atoms with Crippen LogP contribution in [0.5, 0.6) is 0 Å². The van der Waals surface area contributed by atoms with Crippen LogP contribution >= 0.6 is 0 Å². The molecule has 3 rings (SSSR count). The van der Waals surface area contributed by atoms with Gasteiger partial charge in [0.2, 0.25) is 0 Å². The third kappa shape index (κ3) is 2.85. The van der Waals surface area contributed by atoms with Crippen molar-refractivity contribution in [2.24, 2.45) is 11.1 Å². The Bertz CT molecular complexity index is 857. The maximum absolute atomic E-state index is 13.8. The summed E-state index contributed by atoms with van der Waals surface area (Å²) in [6.07, 6.45) is -0.994. The summed E-state index contributed by atoms with van der Waals surface area (Å²) >= 11 is 0. The largest absolute Gasteiger partial charge is 0.399 e. The van der Waals surface area contributed by atoms with Crippen LogP contribution in [0, 0.1) is 12.3 Å². The number of aliphatic hydroxyl groups is 1. The fourth-order valence-corrected chi connectivity index (χ4v) is 3.41. The summed E-state index contributed by atoms with van der Waals surface area (Å²) in [4.78, 5) is 4.43. The van der Waals surface area contributed by atoms with Crippen molar-refractivity contribution in [2.75, 3.05) is 6.61 Å². The van der Waals surface area contributed by atoms with Crippen molar-refractivity contribution in [1.82, 2.24) is 4.98 Å². The summed E-state index contributed by atoms with van der Waals surface area (Å²) in [6.45, 7) is 1.26. The third-order valence-corrected chi connectivity index (χ3v) is 4.79. The molecule has 1 aliphatic rings. The zero-order chi connectivity index (χ0) is 18.2. The lowest BCUT2D eigenvalue weighted by Crippen LogP contribution is -2.52. The van der Waals surface area contributed by atoms with Gasteiger partial charge in [-0.3, -0.25) is 4.98 Å². The zero-order valence-corrected chi connectivity index (χ0v) is 13.7. The van der Waals surface area contributed by atoms with E-state index >= 15 is 0 Å². The van der Waals surface area contributed by atoms with Gasteiger partial charge in [0.25, 0.3) is 0 Å². The molecule has 2 unspecified atom stereocenters. The van der Waals surface area contributed by atoms with Gasteiger partial charge in [-0.05, 0) is 36.6 Å². The van der Waals surface area contributed by atoms with Gasteiger partial charge in [0.15, 0.2) is 0 Å². The van der Waals surface area contributed by atoms with Crippen LogP contribution in [-0.2, 0) is 0 Å².